The van der Waals surface area contributed by atoms with Gasteiger partial charge in [-0.25, -0.2) is 0 Å². The second kappa shape index (κ2) is 6.67. The van der Waals surface area contributed by atoms with Gasteiger partial charge in [-0.1, -0.05) is 33.6 Å². The molecule has 17 heavy (non-hydrogen) atoms. The normalized spacial score (nSPS) is 11.7. The Morgan fingerprint density at radius 2 is 2.35 bits per heavy atom. The highest BCUT2D eigenvalue weighted by atomic mass is 79.9. The number of anilines is 1. The van der Waals surface area contributed by atoms with E-state index in [1.54, 1.807) is 19.1 Å². The maximum Gasteiger partial charge on any atom is 0.242 e. The highest BCUT2D eigenvalue weighted by Gasteiger charge is 2.12. The predicted octanol–water partition coefficient (Wildman–Crippen LogP) is 3.21. The van der Waals surface area contributed by atoms with Crippen molar-refractivity contribution in [3.05, 3.63) is 40.3 Å². The maximum atomic E-state index is 11.6. The van der Waals surface area contributed by atoms with Crippen LogP contribution in [0.5, 0.6) is 0 Å². The van der Waals surface area contributed by atoms with Gasteiger partial charge >= 0.3 is 0 Å². The Labute approximate surface area is 114 Å². The quantitative estimate of drug-likeness (QED) is 0.819. The van der Waals surface area contributed by atoms with E-state index >= 15 is 0 Å². The van der Waals surface area contributed by atoms with Crippen molar-refractivity contribution < 1.29 is 4.79 Å². The molecule has 5 heteroatoms. The molecule has 0 saturated heterocycles. The van der Waals surface area contributed by atoms with E-state index in [0.29, 0.717) is 11.6 Å². The molecule has 0 aliphatic rings. The Balaban J connectivity index is 2.66. The molecule has 0 aliphatic heterocycles. The standard InChI is InChI=1S/C12H14BrClN2O/c1-3-6-15-12(17)8(2)16-11-7-9(13)4-5-10(11)14/h3-5,7-8,16H,1,6H2,2H3,(H,15,17). The fraction of sp³-hybridized carbons (Fsp3) is 0.250. The first-order valence-electron chi connectivity index (χ1n) is 5.14. The van der Waals surface area contributed by atoms with E-state index in [1.165, 1.54) is 0 Å². The van der Waals surface area contributed by atoms with Crippen LogP contribution < -0.4 is 10.6 Å². The topological polar surface area (TPSA) is 41.1 Å². The van der Waals surface area contributed by atoms with Crippen molar-refractivity contribution in [3.8, 4) is 0 Å². The molecule has 0 fully saturated rings. The van der Waals surface area contributed by atoms with Crippen LogP contribution in [0.1, 0.15) is 6.92 Å². The minimum Gasteiger partial charge on any atom is -0.373 e. The minimum atomic E-state index is -0.359. The third kappa shape index (κ3) is 4.40. The van der Waals surface area contributed by atoms with Gasteiger partial charge in [0.1, 0.15) is 6.04 Å². The van der Waals surface area contributed by atoms with E-state index in [2.05, 4.69) is 33.1 Å². The number of rotatable bonds is 5. The lowest BCUT2D eigenvalue weighted by Gasteiger charge is -2.15. The first-order valence-corrected chi connectivity index (χ1v) is 6.32. The van der Waals surface area contributed by atoms with Crippen molar-refractivity contribution in [2.45, 2.75) is 13.0 Å². The van der Waals surface area contributed by atoms with Crippen molar-refractivity contribution >= 4 is 39.1 Å². The molecule has 0 radical (unpaired) electrons. The predicted molar refractivity (Wildman–Crippen MR) is 75.4 cm³/mol. The molecular formula is C12H14BrClN2O. The molecule has 0 bridgehead atoms. The second-order valence-electron chi connectivity index (χ2n) is 3.52. The average Bonchev–Trinajstić information content (AvgIpc) is 2.30. The van der Waals surface area contributed by atoms with Crippen LogP contribution in [0.3, 0.4) is 0 Å². The summed E-state index contributed by atoms with van der Waals surface area (Å²) in [7, 11) is 0. The van der Waals surface area contributed by atoms with Gasteiger partial charge < -0.3 is 10.6 Å². The van der Waals surface area contributed by atoms with Crippen molar-refractivity contribution in [1.29, 1.82) is 0 Å². The lowest BCUT2D eigenvalue weighted by molar-refractivity contribution is -0.121. The Bertz CT molecular complexity index is 423. The third-order valence-electron chi connectivity index (χ3n) is 2.11. The summed E-state index contributed by atoms with van der Waals surface area (Å²) >= 11 is 9.37. The lowest BCUT2D eigenvalue weighted by Crippen LogP contribution is -2.37. The number of hydrogen-bond donors (Lipinski definition) is 2. The van der Waals surface area contributed by atoms with Crippen molar-refractivity contribution in [1.82, 2.24) is 5.32 Å². The number of benzene rings is 1. The van der Waals surface area contributed by atoms with Crippen molar-refractivity contribution in [2.24, 2.45) is 0 Å². The van der Waals surface area contributed by atoms with Gasteiger partial charge in [0.2, 0.25) is 5.91 Å². The Morgan fingerprint density at radius 3 is 3.00 bits per heavy atom. The van der Waals surface area contributed by atoms with Crippen molar-refractivity contribution in [3.63, 3.8) is 0 Å². The van der Waals surface area contributed by atoms with Crippen LogP contribution in [0.15, 0.2) is 35.3 Å². The molecule has 1 rings (SSSR count). The average molecular weight is 318 g/mol. The van der Waals surface area contributed by atoms with Crippen molar-refractivity contribution in [2.75, 3.05) is 11.9 Å². The minimum absolute atomic E-state index is 0.0963. The van der Waals surface area contributed by atoms with Crippen LogP contribution in [-0.2, 0) is 4.79 Å². The van der Waals surface area contributed by atoms with Gasteiger partial charge in [-0.2, -0.15) is 0 Å². The number of amides is 1. The van der Waals surface area contributed by atoms with Gasteiger partial charge in [-0.05, 0) is 25.1 Å². The van der Waals surface area contributed by atoms with Crippen LogP contribution in [0.4, 0.5) is 5.69 Å². The molecule has 3 nitrogen and oxygen atoms in total. The largest absolute Gasteiger partial charge is 0.373 e. The van der Waals surface area contributed by atoms with E-state index < -0.39 is 0 Å². The van der Waals surface area contributed by atoms with Gasteiger partial charge in [0.15, 0.2) is 0 Å². The van der Waals surface area contributed by atoms with E-state index in [4.69, 9.17) is 11.6 Å². The lowest BCUT2D eigenvalue weighted by atomic mass is 10.2. The molecule has 1 aromatic carbocycles. The highest BCUT2D eigenvalue weighted by Crippen LogP contribution is 2.26. The van der Waals surface area contributed by atoms with E-state index in [-0.39, 0.29) is 11.9 Å². The number of nitrogens with one attached hydrogen (secondary N) is 2. The summed E-state index contributed by atoms with van der Waals surface area (Å²) in [6.07, 6.45) is 1.64. The highest BCUT2D eigenvalue weighted by molar-refractivity contribution is 9.10. The molecule has 0 spiro atoms. The molecule has 0 saturated carbocycles. The zero-order valence-corrected chi connectivity index (χ0v) is 11.8. The fourth-order valence-corrected chi connectivity index (χ4v) is 1.77. The first kappa shape index (κ1) is 14.1. The van der Waals surface area contributed by atoms with Crippen LogP contribution >= 0.6 is 27.5 Å². The number of carbonyl (C=O) groups excluding carboxylic acids is 1. The summed E-state index contributed by atoms with van der Waals surface area (Å²) in [5, 5.41) is 6.34. The summed E-state index contributed by atoms with van der Waals surface area (Å²) in [4.78, 5) is 11.6. The Kier molecular flexibility index (Phi) is 5.51. The zero-order chi connectivity index (χ0) is 12.8. The molecule has 1 atom stereocenters. The number of carbonyl (C=O) groups is 1. The smallest absolute Gasteiger partial charge is 0.242 e. The molecule has 0 aromatic heterocycles. The van der Waals surface area contributed by atoms with Crippen LogP contribution in [-0.4, -0.2) is 18.5 Å². The van der Waals surface area contributed by atoms with Gasteiger partial charge in [0.05, 0.1) is 10.7 Å². The van der Waals surface area contributed by atoms with Crippen LogP contribution in [0.25, 0.3) is 0 Å². The monoisotopic (exact) mass is 316 g/mol. The van der Waals surface area contributed by atoms with Gasteiger partial charge in [0, 0.05) is 11.0 Å². The number of hydrogen-bond acceptors (Lipinski definition) is 2. The molecule has 2 N–H and O–H groups in total. The van der Waals surface area contributed by atoms with Gasteiger partial charge in [-0.15, -0.1) is 6.58 Å². The summed E-state index contributed by atoms with van der Waals surface area (Å²) < 4.78 is 0.906. The maximum absolute atomic E-state index is 11.6. The Hall–Kier alpha value is -1.000. The number of halogens is 2. The summed E-state index contributed by atoms with van der Waals surface area (Å²) in [5.41, 5.74) is 0.724. The van der Waals surface area contributed by atoms with E-state index in [0.717, 1.165) is 10.2 Å². The summed E-state index contributed by atoms with van der Waals surface area (Å²) in [5.74, 6) is -0.0963. The second-order valence-corrected chi connectivity index (χ2v) is 4.85. The summed E-state index contributed by atoms with van der Waals surface area (Å²) in [6, 6.07) is 5.08. The van der Waals surface area contributed by atoms with E-state index in [9.17, 15) is 4.79 Å². The fourth-order valence-electron chi connectivity index (χ4n) is 1.23. The molecule has 1 aromatic rings. The molecule has 0 heterocycles. The summed E-state index contributed by atoms with van der Waals surface area (Å²) in [6.45, 7) is 5.77. The third-order valence-corrected chi connectivity index (χ3v) is 2.94. The molecular weight excluding hydrogens is 304 g/mol. The first-order chi connectivity index (χ1) is 8.04. The van der Waals surface area contributed by atoms with Gasteiger partial charge in [-0.3, -0.25) is 4.79 Å². The SMILES string of the molecule is C=CCNC(=O)C(C)Nc1cc(Br)ccc1Cl. The van der Waals surface area contributed by atoms with Crippen LogP contribution in [0.2, 0.25) is 5.02 Å². The molecule has 92 valence electrons. The van der Waals surface area contributed by atoms with Gasteiger partial charge in [0.25, 0.3) is 0 Å². The van der Waals surface area contributed by atoms with Crippen LogP contribution in [0, 0.1) is 0 Å². The molecule has 1 amide bonds. The zero-order valence-electron chi connectivity index (χ0n) is 9.47. The molecule has 1 unspecified atom stereocenters. The van der Waals surface area contributed by atoms with E-state index in [1.807, 2.05) is 12.1 Å². The molecule has 0 aliphatic carbocycles. The Morgan fingerprint density at radius 1 is 1.65 bits per heavy atom.